The average Bonchev–Trinajstić information content (AvgIpc) is 3.42. The zero-order chi connectivity index (χ0) is 30.0. The number of ether oxygens (including phenoxy) is 1. The first-order chi connectivity index (χ1) is 19.3. The Morgan fingerprint density at radius 3 is 2.51 bits per heavy atom. The molecule has 224 valence electrons. The number of amides is 4. The quantitative estimate of drug-likeness (QED) is 0.324. The number of nitrogens with one attached hydrogen (secondary N) is 1. The normalized spacial score (nSPS) is 29.9. The SMILES string of the molecule is CN(Cc1ccc(Cl)cc1)S(=O)(=O)C12CC1/C=C\CCCCCC(OC(N)=O)C(=O)N1CCCC1(C(N)=O)C(=O)N2. The molecule has 14 heteroatoms. The van der Waals surface area contributed by atoms with E-state index in [1.54, 1.807) is 30.3 Å². The number of allylic oxidation sites excluding steroid dienone is 1. The monoisotopic (exact) mass is 609 g/mol. The summed E-state index contributed by atoms with van der Waals surface area (Å²) in [4.78, 5) is 51.5. The predicted octanol–water partition coefficient (Wildman–Crippen LogP) is 1.76. The van der Waals surface area contributed by atoms with Crippen LogP contribution in [0.1, 0.15) is 56.9 Å². The fourth-order valence-electron chi connectivity index (χ4n) is 5.80. The summed E-state index contributed by atoms with van der Waals surface area (Å²) in [6, 6.07) is 6.73. The van der Waals surface area contributed by atoms with Crippen LogP contribution in [0.3, 0.4) is 0 Å². The van der Waals surface area contributed by atoms with Crippen molar-refractivity contribution in [1.82, 2.24) is 14.5 Å². The molecule has 1 saturated carbocycles. The topological polar surface area (TPSA) is 182 Å². The first kappa shape index (κ1) is 30.8. The van der Waals surface area contributed by atoms with E-state index in [9.17, 15) is 27.6 Å². The van der Waals surface area contributed by atoms with Gasteiger partial charge in [-0.3, -0.25) is 14.4 Å². The third-order valence-electron chi connectivity index (χ3n) is 8.15. The Bertz CT molecular complexity index is 1340. The van der Waals surface area contributed by atoms with Gasteiger partial charge < -0.3 is 26.4 Å². The summed E-state index contributed by atoms with van der Waals surface area (Å²) >= 11 is 5.97. The number of carbonyl (C=O) groups is 4. The van der Waals surface area contributed by atoms with Gasteiger partial charge in [0.2, 0.25) is 15.6 Å². The van der Waals surface area contributed by atoms with Crippen LogP contribution in [0.15, 0.2) is 36.4 Å². The second-order valence-corrected chi connectivity index (χ2v) is 13.6. The molecule has 1 aliphatic carbocycles. The highest BCUT2D eigenvalue weighted by Crippen LogP contribution is 2.51. The van der Waals surface area contributed by atoms with Gasteiger partial charge in [-0.2, -0.15) is 4.31 Å². The fourth-order valence-corrected chi connectivity index (χ4v) is 7.87. The summed E-state index contributed by atoms with van der Waals surface area (Å²) in [5, 5.41) is 3.16. The van der Waals surface area contributed by atoms with E-state index in [1.165, 1.54) is 7.05 Å². The van der Waals surface area contributed by atoms with Crippen LogP contribution >= 0.6 is 11.6 Å². The number of hydrogen-bond donors (Lipinski definition) is 3. The molecule has 4 amide bonds. The summed E-state index contributed by atoms with van der Waals surface area (Å²) in [7, 11) is -2.77. The zero-order valence-corrected chi connectivity index (χ0v) is 24.5. The van der Waals surface area contributed by atoms with Crippen molar-refractivity contribution in [3.8, 4) is 0 Å². The molecule has 1 aromatic carbocycles. The van der Waals surface area contributed by atoms with Crippen molar-refractivity contribution in [1.29, 1.82) is 0 Å². The number of nitrogens with zero attached hydrogens (tertiary/aromatic N) is 2. The minimum atomic E-state index is -4.19. The third-order valence-corrected chi connectivity index (χ3v) is 10.8. The molecule has 4 unspecified atom stereocenters. The highest BCUT2D eigenvalue weighted by atomic mass is 35.5. The maximum Gasteiger partial charge on any atom is 0.405 e. The largest absolute Gasteiger partial charge is 0.436 e. The van der Waals surface area contributed by atoms with Crippen LogP contribution in [-0.2, 0) is 35.7 Å². The third kappa shape index (κ3) is 5.93. The zero-order valence-electron chi connectivity index (χ0n) is 22.9. The van der Waals surface area contributed by atoms with E-state index < -0.39 is 56.3 Å². The van der Waals surface area contributed by atoms with Crippen LogP contribution in [0.2, 0.25) is 5.02 Å². The van der Waals surface area contributed by atoms with Gasteiger partial charge in [0.15, 0.2) is 11.0 Å². The summed E-state index contributed by atoms with van der Waals surface area (Å²) in [5.74, 6) is -3.41. The van der Waals surface area contributed by atoms with Crippen LogP contribution in [-0.4, -0.2) is 71.5 Å². The maximum atomic E-state index is 14.0. The van der Waals surface area contributed by atoms with Gasteiger partial charge in [0.1, 0.15) is 0 Å². The van der Waals surface area contributed by atoms with Gasteiger partial charge in [0, 0.05) is 31.1 Å². The molecule has 0 radical (unpaired) electrons. The summed E-state index contributed by atoms with van der Waals surface area (Å²) in [5.41, 5.74) is 9.52. The summed E-state index contributed by atoms with van der Waals surface area (Å²) in [6.45, 7) is 0.0125. The number of rotatable bonds is 6. The van der Waals surface area contributed by atoms with Crippen LogP contribution in [0.4, 0.5) is 4.79 Å². The molecular weight excluding hydrogens is 574 g/mol. The number of hydrogen-bond acceptors (Lipinski definition) is 7. The van der Waals surface area contributed by atoms with Crippen molar-refractivity contribution in [2.75, 3.05) is 13.6 Å². The average molecular weight is 610 g/mol. The van der Waals surface area contributed by atoms with E-state index in [2.05, 4.69) is 5.32 Å². The van der Waals surface area contributed by atoms with Crippen LogP contribution in [0.25, 0.3) is 0 Å². The van der Waals surface area contributed by atoms with Gasteiger partial charge >= 0.3 is 6.09 Å². The van der Waals surface area contributed by atoms with Crippen molar-refractivity contribution in [2.45, 2.75) is 74.4 Å². The predicted molar refractivity (Wildman–Crippen MR) is 150 cm³/mol. The number of sulfonamides is 1. The molecule has 1 aromatic rings. The van der Waals surface area contributed by atoms with E-state index in [4.69, 9.17) is 27.8 Å². The summed E-state index contributed by atoms with van der Waals surface area (Å²) in [6.07, 6.45) is 4.18. The molecule has 2 aliphatic heterocycles. The Kier molecular flexibility index (Phi) is 9.00. The Balaban J connectivity index is 1.72. The molecule has 0 bridgehead atoms. The van der Waals surface area contributed by atoms with E-state index in [0.29, 0.717) is 29.8 Å². The molecular formula is C27H36ClN5O7S. The minimum Gasteiger partial charge on any atom is -0.436 e. The first-order valence-electron chi connectivity index (χ1n) is 13.6. The van der Waals surface area contributed by atoms with Crippen molar-refractivity contribution in [3.63, 3.8) is 0 Å². The lowest BCUT2D eigenvalue weighted by Crippen LogP contribution is -2.68. The summed E-state index contributed by atoms with van der Waals surface area (Å²) < 4.78 is 34.3. The maximum absolute atomic E-state index is 14.0. The van der Waals surface area contributed by atoms with Crippen molar-refractivity contribution >= 4 is 45.4 Å². The molecule has 0 spiro atoms. The lowest BCUT2D eigenvalue weighted by molar-refractivity contribution is -0.157. The van der Waals surface area contributed by atoms with E-state index >= 15 is 0 Å². The Hall–Kier alpha value is -3.16. The molecule has 12 nitrogen and oxygen atoms in total. The number of halogens is 1. The Morgan fingerprint density at radius 2 is 1.85 bits per heavy atom. The molecule has 41 heavy (non-hydrogen) atoms. The first-order valence-corrected chi connectivity index (χ1v) is 15.4. The smallest absolute Gasteiger partial charge is 0.405 e. The lowest BCUT2D eigenvalue weighted by atomic mass is 9.92. The second-order valence-electron chi connectivity index (χ2n) is 10.9. The molecule has 4 rings (SSSR count). The number of carbonyl (C=O) groups excluding carboxylic acids is 4. The highest BCUT2D eigenvalue weighted by molar-refractivity contribution is 7.90. The van der Waals surface area contributed by atoms with Crippen molar-refractivity contribution in [2.24, 2.45) is 17.4 Å². The van der Waals surface area contributed by atoms with Crippen LogP contribution < -0.4 is 16.8 Å². The van der Waals surface area contributed by atoms with E-state index in [1.807, 2.05) is 6.08 Å². The van der Waals surface area contributed by atoms with Gasteiger partial charge in [-0.05, 0) is 62.6 Å². The second kappa shape index (κ2) is 12.0. The molecule has 1 saturated heterocycles. The van der Waals surface area contributed by atoms with E-state index in [0.717, 1.165) is 15.6 Å². The molecule has 5 N–H and O–H groups in total. The number of fused-ring (bicyclic) bond motifs is 2. The number of nitrogens with two attached hydrogens (primary N) is 2. The van der Waals surface area contributed by atoms with Crippen molar-refractivity contribution in [3.05, 3.63) is 47.0 Å². The Morgan fingerprint density at radius 1 is 1.15 bits per heavy atom. The van der Waals surface area contributed by atoms with Gasteiger partial charge in [0.25, 0.3) is 17.7 Å². The molecule has 2 heterocycles. The number of primary amides is 2. The standard InChI is InChI=1S/C27H36ClN5O7S/c1-32(17-18-10-12-20(28)13-11-18)41(38,39)27-16-19(27)8-5-3-2-4-6-9-21(40-25(30)37)22(34)33-15-7-14-26(33,23(29)35)24(36)31-27/h5,8,10-13,19,21H,2-4,6-7,9,14-17H2,1H3,(H2,29,35)(H2,30,37)(H,31,36)/b8-5-. The number of benzene rings is 1. The van der Waals surface area contributed by atoms with Gasteiger partial charge in [-0.1, -0.05) is 42.3 Å². The van der Waals surface area contributed by atoms with Crippen LogP contribution in [0, 0.1) is 5.92 Å². The van der Waals surface area contributed by atoms with Gasteiger partial charge in [-0.15, -0.1) is 0 Å². The molecule has 3 aliphatic rings. The molecule has 4 atom stereocenters. The fraction of sp³-hybridized carbons (Fsp3) is 0.556. The molecule has 0 aromatic heterocycles. The highest BCUT2D eigenvalue weighted by Gasteiger charge is 2.67. The van der Waals surface area contributed by atoms with Crippen molar-refractivity contribution < 1.29 is 32.3 Å². The van der Waals surface area contributed by atoms with Crippen LogP contribution in [0.5, 0.6) is 0 Å². The Labute approximate surface area is 244 Å². The van der Waals surface area contributed by atoms with E-state index in [-0.39, 0.29) is 38.8 Å². The van der Waals surface area contributed by atoms with Gasteiger partial charge in [-0.25, -0.2) is 13.2 Å². The van der Waals surface area contributed by atoms with Gasteiger partial charge in [0.05, 0.1) is 0 Å². The lowest BCUT2D eigenvalue weighted by Gasteiger charge is -2.37. The minimum absolute atomic E-state index is 0.00658. The molecule has 2 fully saturated rings.